The van der Waals surface area contributed by atoms with Gasteiger partial charge in [-0.05, 0) is 24.6 Å². The molecule has 2 N–H and O–H groups in total. The van der Waals surface area contributed by atoms with Gasteiger partial charge in [0.25, 0.3) is 0 Å². The van der Waals surface area contributed by atoms with E-state index in [1.165, 1.54) is 17.7 Å². The molecule has 0 unspecified atom stereocenters. The molecule has 0 saturated heterocycles. The smallest absolute Gasteiger partial charge is 0.133 e. The van der Waals surface area contributed by atoms with E-state index in [0.29, 0.717) is 11.3 Å². The Balaban J connectivity index is 2.63. The summed E-state index contributed by atoms with van der Waals surface area (Å²) in [5.74, 6) is -0.938. The van der Waals surface area contributed by atoms with Crippen molar-refractivity contribution in [3.8, 4) is 11.3 Å². The third kappa shape index (κ3) is 2.06. The van der Waals surface area contributed by atoms with Gasteiger partial charge in [-0.2, -0.15) is 5.10 Å². The minimum absolute atomic E-state index is 0.147. The first-order valence-corrected chi connectivity index (χ1v) is 5.21. The standard InChI is InChI=1S/C12H13F2N3/c1-7-3-11(14)9(4-10(7)13)12-8(5-15)6-17(2)16-12/h3-4,6H,5,15H2,1-2H3. The van der Waals surface area contributed by atoms with E-state index >= 15 is 0 Å². The molecular formula is C12H13F2N3. The van der Waals surface area contributed by atoms with Crippen LogP contribution in [-0.4, -0.2) is 9.78 Å². The van der Waals surface area contributed by atoms with E-state index in [-0.39, 0.29) is 17.7 Å². The van der Waals surface area contributed by atoms with Gasteiger partial charge in [-0.15, -0.1) is 0 Å². The van der Waals surface area contributed by atoms with Crippen LogP contribution in [0.4, 0.5) is 8.78 Å². The Morgan fingerprint density at radius 1 is 1.29 bits per heavy atom. The molecule has 17 heavy (non-hydrogen) atoms. The van der Waals surface area contributed by atoms with Crippen LogP contribution in [0.5, 0.6) is 0 Å². The maximum Gasteiger partial charge on any atom is 0.133 e. The van der Waals surface area contributed by atoms with Gasteiger partial charge in [0.05, 0.1) is 5.69 Å². The minimum atomic E-state index is -0.489. The first-order valence-electron chi connectivity index (χ1n) is 5.21. The molecule has 0 aliphatic rings. The molecule has 0 amide bonds. The second-order valence-electron chi connectivity index (χ2n) is 3.96. The van der Waals surface area contributed by atoms with Crippen LogP contribution in [0.2, 0.25) is 0 Å². The van der Waals surface area contributed by atoms with Crippen LogP contribution in [0.1, 0.15) is 11.1 Å². The highest BCUT2D eigenvalue weighted by atomic mass is 19.1. The molecule has 0 radical (unpaired) electrons. The van der Waals surface area contributed by atoms with Crippen molar-refractivity contribution in [2.75, 3.05) is 0 Å². The van der Waals surface area contributed by atoms with Crippen LogP contribution < -0.4 is 5.73 Å². The Morgan fingerprint density at radius 2 is 2.00 bits per heavy atom. The highest BCUT2D eigenvalue weighted by Gasteiger charge is 2.15. The van der Waals surface area contributed by atoms with Gasteiger partial charge in [-0.25, -0.2) is 8.78 Å². The predicted octanol–water partition coefficient (Wildman–Crippen LogP) is 2.13. The molecule has 0 saturated carbocycles. The SMILES string of the molecule is Cc1cc(F)c(-c2nn(C)cc2CN)cc1F. The van der Waals surface area contributed by atoms with Crippen molar-refractivity contribution in [1.82, 2.24) is 9.78 Å². The average Bonchev–Trinajstić information content (AvgIpc) is 2.64. The van der Waals surface area contributed by atoms with Crippen LogP contribution in [0.15, 0.2) is 18.3 Å². The molecule has 2 aromatic rings. The lowest BCUT2D eigenvalue weighted by atomic mass is 10.1. The van der Waals surface area contributed by atoms with Crippen LogP contribution in [0, 0.1) is 18.6 Å². The van der Waals surface area contributed by atoms with Gasteiger partial charge in [0.2, 0.25) is 0 Å². The fourth-order valence-corrected chi connectivity index (χ4v) is 1.74. The minimum Gasteiger partial charge on any atom is -0.326 e. The summed E-state index contributed by atoms with van der Waals surface area (Å²) in [6.07, 6.45) is 1.70. The average molecular weight is 237 g/mol. The molecule has 1 heterocycles. The third-order valence-electron chi connectivity index (χ3n) is 2.63. The van der Waals surface area contributed by atoms with E-state index in [4.69, 9.17) is 5.73 Å². The lowest BCUT2D eigenvalue weighted by Crippen LogP contribution is -1.98. The number of aromatic nitrogens is 2. The molecule has 1 aromatic carbocycles. The van der Waals surface area contributed by atoms with Gasteiger partial charge >= 0.3 is 0 Å². The van der Waals surface area contributed by atoms with Crippen LogP contribution in [0.25, 0.3) is 11.3 Å². The number of nitrogens with two attached hydrogens (primary N) is 1. The Kier molecular flexibility index (Phi) is 2.93. The summed E-state index contributed by atoms with van der Waals surface area (Å²) in [5.41, 5.74) is 7.06. The topological polar surface area (TPSA) is 43.8 Å². The maximum absolute atomic E-state index is 13.8. The number of hydrogen-bond acceptors (Lipinski definition) is 2. The number of benzene rings is 1. The quantitative estimate of drug-likeness (QED) is 0.869. The summed E-state index contributed by atoms with van der Waals surface area (Å²) in [6.45, 7) is 1.75. The Morgan fingerprint density at radius 3 is 2.65 bits per heavy atom. The normalized spacial score (nSPS) is 10.9. The fourth-order valence-electron chi connectivity index (χ4n) is 1.74. The number of halogens is 2. The maximum atomic E-state index is 13.8. The van der Waals surface area contributed by atoms with Gasteiger partial charge in [-0.3, -0.25) is 4.68 Å². The number of nitrogens with zero attached hydrogens (tertiary/aromatic N) is 2. The van der Waals surface area contributed by atoms with Crippen LogP contribution >= 0.6 is 0 Å². The van der Waals surface area contributed by atoms with Crippen LogP contribution in [-0.2, 0) is 13.6 Å². The monoisotopic (exact) mass is 237 g/mol. The van der Waals surface area contributed by atoms with Gasteiger partial charge in [-0.1, -0.05) is 0 Å². The summed E-state index contributed by atoms with van der Waals surface area (Å²) in [7, 11) is 1.71. The molecule has 0 aliphatic heterocycles. The summed E-state index contributed by atoms with van der Waals surface area (Å²) in [6, 6.07) is 2.33. The number of aryl methyl sites for hydroxylation is 2. The third-order valence-corrected chi connectivity index (χ3v) is 2.63. The van der Waals surface area contributed by atoms with Gasteiger partial charge in [0.1, 0.15) is 11.6 Å². The second kappa shape index (κ2) is 4.25. The summed E-state index contributed by atoms with van der Waals surface area (Å²) >= 11 is 0. The van der Waals surface area contributed by atoms with E-state index in [1.807, 2.05) is 0 Å². The molecule has 2 rings (SSSR count). The zero-order valence-electron chi connectivity index (χ0n) is 9.67. The van der Waals surface area contributed by atoms with Crippen molar-refractivity contribution in [3.05, 3.63) is 41.1 Å². The molecule has 0 aliphatic carbocycles. The second-order valence-corrected chi connectivity index (χ2v) is 3.96. The van der Waals surface area contributed by atoms with Gasteiger partial charge in [0.15, 0.2) is 0 Å². The molecule has 0 bridgehead atoms. The van der Waals surface area contributed by atoms with Crippen molar-refractivity contribution >= 4 is 0 Å². The molecule has 0 fully saturated rings. The molecule has 5 heteroatoms. The highest BCUT2D eigenvalue weighted by molar-refractivity contribution is 5.64. The molecule has 0 atom stereocenters. The van der Waals surface area contributed by atoms with Crippen molar-refractivity contribution in [3.63, 3.8) is 0 Å². The summed E-state index contributed by atoms with van der Waals surface area (Å²) < 4.78 is 28.8. The van der Waals surface area contributed by atoms with E-state index in [1.54, 1.807) is 13.2 Å². The number of rotatable bonds is 2. The van der Waals surface area contributed by atoms with E-state index < -0.39 is 11.6 Å². The molecule has 90 valence electrons. The zero-order chi connectivity index (χ0) is 12.6. The Bertz CT molecular complexity index is 561. The highest BCUT2D eigenvalue weighted by Crippen LogP contribution is 2.26. The Hall–Kier alpha value is -1.75. The predicted molar refractivity (Wildman–Crippen MR) is 61.2 cm³/mol. The largest absolute Gasteiger partial charge is 0.326 e. The zero-order valence-corrected chi connectivity index (χ0v) is 9.67. The number of hydrogen-bond donors (Lipinski definition) is 1. The summed E-state index contributed by atoms with van der Waals surface area (Å²) in [4.78, 5) is 0. The van der Waals surface area contributed by atoms with Gasteiger partial charge < -0.3 is 5.73 Å². The summed E-state index contributed by atoms with van der Waals surface area (Å²) in [5, 5.41) is 4.11. The van der Waals surface area contributed by atoms with E-state index in [2.05, 4.69) is 5.10 Å². The first kappa shape index (κ1) is 11.7. The van der Waals surface area contributed by atoms with Gasteiger partial charge in [0, 0.05) is 30.9 Å². The van der Waals surface area contributed by atoms with Crippen molar-refractivity contribution in [2.45, 2.75) is 13.5 Å². The molecule has 0 spiro atoms. The van der Waals surface area contributed by atoms with Crippen LogP contribution in [0.3, 0.4) is 0 Å². The van der Waals surface area contributed by atoms with E-state index in [0.717, 1.165) is 6.07 Å². The molecular weight excluding hydrogens is 224 g/mol. The van der Waals surface area contributed by atoms with E-state index in [9.17, 15) is 8.78 Å². The fraction of sp³-hybridized carbons (Fsp3) is 0.250. The van der Waals surface area contributed by atoms with Crippen molar-refractivity contribution in [1.29, 1.82) is 0 Å². The van der Waals surface area contributed by atoms with Crippen molar-refractivity contribution in [2.24, 2.45) is 12.8 Å². The van der Waals surface area contributed by atoms with Crippen molar-refractivity contribution < 1.29 is 8.78 Å². The first-order chi connectivity index (χ1) is 8.02. The Labute approximate surface area is 97.9 Å². The molecule has 1 aromatic heterocycles. The lowest BCUT2D eigenvalue weighted by Gasteiger charge is -2.04. The lowest BCUT2D eigenvalue weighted by molar-refractivity contribution is 0.594. The molecule has 3 nitrogen and oxygen atoms in total.